The summed E-state index contributed by atoms with van der Waals surface area (Å²) in [6, 6.07) is 9.97. The van der Waals surface area contributed by atoms with Crippen molar-refractivity contribution in [2.45, 2.75) is 19.4 Å². The molecule has 0 radical (unpaired) electrons. The Kier molecular flexibility index (Phi) is 5.71. The highest BCUT2D eigenvalue weighted by Gasteiger charge is 2.27. The van der Waals surface area contributed by atoms with Crippen LogP contribution in [0.4, 0.5) is 0 Å². The summed E-state index contributed by atoms with van der Waals surface area (Å²) in [5.41, 5.74) is 4.01. The van der Waals surface area contributed by atoms with E-state index in [9.17, 15) is 4.21 Å². The molecular formula is C19H23NO4S. The average molecular weight is 361 g/mol. The fraction of sp³-hybridized carbons (Fsp3) is 0.421. The lowest BCUT2D eigenvalue weighted by atomic mass is 9.99. The smallest absolute Gasteiger partial charge is 0.213 e. The third-order valence-electron chi connectivity index (χ3n) is 4.23. The summed E-state index contributed by atoms with van der Waals surface area (Å²) < 4.78 is 28.1. The van der Waals surface area contributed by atoms with Crippen LogP contribution in [-0.4, -0.2) is 41.5 Å². The molecule has 3 rings (SSSR count). The Bertz CT molecular complexity index is 778. The predicted molar refractivity (Wildman–Crippen MR) is 98.7 cm³/mol. The molecule has 0 amide bonds. The number of benzene rings is 1. The van der Waals surface area contributed by atoms with Crippen molar-refractivity contribution >= 4 is 10.8 Å². The van der Waals surface area contributed by atoms with E-state index in [0.29, 0.717) is 24.8 Å². The highest BCUT2D eigenvalue weighted by molar-refractivity contribution is 7.84. The highest BCUT2D eigenvalue weighted by atomic mass is 32.2. The Balaban J connectivity index is 1.78. The van der Waals surface area contributed by atoms with Gasteiger partial charge in [-0.3, -0.25) is 4.21 Å². The van der Waals surface area contributed by atoms with E-state index >= 15 is 0 Å². The Labute approximate surface area is 150 Å². The molecule has 2 atom stereocenters. The first-order valence-electron chi connectivity index (χ1n) is 8.29. The van der Waals surface area contributed by atoms with Gasteiger partial charge in [0.1, 0.15) is 18.5 Å². The minimum atomic E-state index is -0.785. The molecule has 0 spiro atoms. The quantitative estimate of drug-likeness (QED) is 0.709. The van der Waals surface area contributed by atoms with E-state index in [4.69, 9.17) is 14.2 Å². The van der Waals surface area contributed by atoms with E-state index in [1.807, 2.05) is 37.3 Å². The van der Waals surface area contributed by atoms with Gasteiger partial charge in [0.05, 0.1) is 6.61 Å². The zero-order valence-corrected chi connectivity index (χ0v) is 15.6. The van der Waals surface area contributed by atoms with Gasteiger partial charge in [-0.25, -0.2) is 4.98 Å². The number of aromatic nitrogens is 1. The molecule has 134 valence electrons. The number of nitrogens with zero attached hydrogens (tertiary/aromatic N) is 1. The van der Waals surface area contributed by atoms with E-state index in [1.165, 1.54) is 0 Å². The van der Waals surface area contributed by atoms with Crippen molar-refractivity contribution in [2.75, 3.05) is 32.3 Å². The lowest BCUT2D eigenvalue weighted by Crippen LogP contribution is -2.05. The maximum absolute atomic E-state index is 11.1. The van der Waals surface area contributed by atoms with Gasteiger partial charge in [-0.1, -0.05) is 18.2 Å². The molecule has 5 nitrogen and oxygen atoms in total. The molecule has 0 N–H and O–H groups in total. The van der Waals surface area contributed by atoms with E-state index in [-0.39, 0.29) is 6.10 Å². The van der Waals surface area contributed by atoms with Gasteiger partial charge < -0.3 is 14.2 Å². The molecule has 1 aromatic carbocycles. The third-order valence-corrected chi connectivity index (χ3v) is 5.10. The molecule has 0 fully saturated rings. The Morgan fingerprint density at radius 3 is 2.84 bits per heavy atom. The lowest BCUT2D eigenvalue weighted by Gasteiger charge is -2.12. The second-order valence-electron chi connectivity index (χ2n) is 6.02. The van der Waals surface area contributed by atoms with E-state index < -0.39 is 10.8 Å². The summed E-state index contributed by atoms with van der Waals surface area (Å²) in [5, 5.41) is 0. The highest BCUT2D eigenvalue weighted by Crippen LogP contribution is 2.42. The number of hydrogen-bond donors (Lipinski definition) is 0. The van der Waals surface area contributed by atoms with Crippen LogP contribution >= 0.6 is 0 Å². The third kappa shape index (κ3) is 4.02. The number of methoxy groups -OCH3 is 1. The van der Waals surface area contributed by atoms with E-state index in [1.54, 1.807) is 13.4 Å². The molecule has 25 heavy (non-hydrogen) atoms. The zero-order chi connectivity index (χ0) is 17.8. The number of para-hydroxylation sites is 1. The summed E-state index contributed by atoms with van der Waals surface area (Å²) in [7, 11) is 0.912. The predicted octanol–water partition coefficient (Wildman–Crippen LogP) is 3.28. The van der Waals surface area contributed by atoms with Gasteiger partial charge in [-0.2, -0.15) is 0 Å². The van der Waals surface area contributed by atoms with Gasteiger partial charge in [-0.05, 0) is 19.4 Å². The molecule has 0 aliphatic carbocycles. The van der Waals surface area contributed by atoms with Crippen molar-refractivity contribution in [1.29, 1.82) is 0 Å². The molecule has 6 heteroatoms. The largest absolute Gasteiger partial charge is 0.489 e. The van der Waals surface area contributed by atoms with Crippen LogP contribution in [0.1, 0.15) is 23.8 Å². The van der Waals surface area contributed by atoms with Gasteiger partial charge in [0.2, 0.25) is 5.88 Å². The van der Waals surface area contributed by atoms with Gasteiger partial charge in [0, 0.05) is 58.4 Å². The number of ether oxygens (including phenoxy) is 3. The van der Waals surface area contributed by atoms with Crippen LogP contribution in [-0.2, 0) is 15.5 Å². The van der Waals surface area contributed by atoms with Crippen molar-refractivity contribution in [1.82, 2.24) is 4.98 Å². The van der Waals surface area contributed by atoms with Crippen molar-refractivity contribution in [2.24, 2.45) is 0 Å². The molecule has 2 heterocycles. The summed E-state index contributed by atoms with van der Waals surface area (Å²) in [6.07, 6.45) is 2.44. The van der Waals surface area contributed by atoms with Crippen molar-refractivity contribution in [3.63, 3.8) is 0 Å². The molecule has 0 saturated carbocycles. The average Bonchev–Trinajstić information content (AvgIpc) is 3.02. The first kappa shape index (κ1) is 17.9. The second kappa shape index (κ2) is 7.97. The summed E-state index contributed by atoms with van der Waals surface area (Å²) in [4.78, 5) is 4.55. The summed E-state index contributed by atoms with van der Waals surface area (Å²) >= 11 is 0. The number of hydrogen-bond acceptors (Lipinski definition) is 5. The van der Waals surface area contributed by atoms with Crippen LogP contribution in [0.3, 0.4) is 0 Å². The monoisotopic (exact) mass is 361 g/mol. The van der Waals surface area contributed by atoms with Crippen molar-refractivity contribution in [3.8, 4) is 22.8 Å². The minimum absolute atomic E-state index is 0.0186. The van der Waals surface area contributed by atoms with E-state index in [0.717, 1.165) is 34.6 Å². The van der Waals surface area contributed by atoms with Crippen molar-refractivity contribution in [3.05, 3.63) is 41.6 Å². The normalized spacial score (nSPS) is 17.0. The maximum atomic E-state index is 11.1. The molecule has 2 unspecified atom stereocenters. The number of pyridine rings is 1. The number of rotatable bonds is 7. The molecule has 0 bridgehead atoms. The summed E-state index contributed by atoms with van der Waals surface area (Å²) in [5.74, 6) is 2.11. The topological polar surface area (TPSA) is 57.7 Å². The molecule has 1 aliphatic heterocycles. The fourth-order valence-electron chi connectivity index (χ4n) is 2.97. The maximum Gasteiger partial charge on any atom is 0.213 e. The van der Waals surface area contributed by atoms with Gasteiger partial charge in [0.15, 0.2) is 0 Å². The first-order valence-corrected chi connectivity index (χ1v) is 10.0. The Hall–Kier alpha value is -1.92. The Morgan fingerprint density at radius 2 is 2.12 bits per heavy atom. The standard InChI is InChI=1S/C19H23NO4S/c1-13-14(8-9-18(20-13)23-10-5-11-25(3)21)15-6-4-7-16-17(22-2)12-24-19(15)16/h4,6-9,17H,5,10-12H2,1-3H3. The molecule has 1 aromatic heterocycles. The lowest BCUT2D eigenvalue weighted by molar-refractivity contribution is 0.0818. The van der Waals surface area contributed by atoms with Gasteiger partial charge >= 0.3 is 0 Å². The van der Waals surface area contributed by atoms with Crippen LogP contribution in [0, 0.1) is 6.92 Å². The minimum Gasteiger partial charge on any atom is -0.489 e. The fourth-order valence-corrected chi connectivity index (χ4v) is 3.49. The second-order valence-corrected chi connectivity index (χ2v) is 7.58. The molecule has 2 aromatic rings. The molecular weight excluding hydrogens is 338 g/mol. The molecule has 0 saturated heterocycles. The van der Waals surface area contributed by atoms with Crippen LogP contribution < -0.4 is 9.47 Å². The van der Waals surface area contributed by atoms with Crippen LogP contribution in [0.25, 0.3) is 11.1 Å². The molecule has 1 aliphatic rings. The number of fused-ring (bicyclic) bond motifs is 1. The van der Waals surface area contributed by atoms with Gasteiger partial charge in [0.25, 0.3) is 0 Å². The van der Waals surface area contributed by atoms with Crippen LogP contribution in [0.15, 0.2) is 30.3 Å². The first-order chi connectivity index (χ1) is 12.1. The van der Waals surface area contributed by atoms with Crippen LogP contribution in [0.5, 0.6) is 11.6 Å². The zero-order valence-electron chi connectivity index (χ0n) is 14.8. The SMILES string of the molecule is COC1COc2c(-c3ccc(OCCCS(C)=O)nc3C)cccc21. The van der Waals surface area contributed by atoms with E-state index in [2.05, 4.69) is 4.98 Å². The Morgan fingerprint density at radius 1 is 1.28 bits per heavy atom. The van der Waals surface area contributed by atoms with Crippen molar-refractivity contribution < 1.29 is 18.4 Å². The van der Waals surface area contributed by atoms with Crippen LogP contribution in [0.2, 0.25) is 0 Å². The number of aryl methyl sites for hydroxylation is 1. The summed E-state index contributed by atoms with van der Waals surface area (Å²) in [6.45, 7) is 3.02. The van der Waals surface area contributed by atoms with Gasteiger partial charge in [-0.15, -0.1) is 0 Å².